The van der Waals surface area contributed by atoms with Gasteiger partial charge in [-0.05, 0) is 25.6 Å². The first-order chi connectivity index (χ1) is 10.2. The molecular weight excluding hydrogens is 290 g/mol. The zero-order valence-electron chi connectivity index (χ0n) is 12.4. The second-order valence-corrected chi connectivity index (χ2v) is 5.24. The topological polar surface area (TPSA) is 51.4 Å². The maximum atomic E-state index is 6.03. The van der Waals surface area contributed by atoms with Crippen LogP contribution in [-0.4, -0.2) is 35.2 Å². The molecule has 0 fully saturated rings. The second kappa shape index (κ2) is 8.00. The minimum Gasteiger partial charge on any atom is -0.492 e. The molecule has 1 aromatic carbocycles. The first kappa shape index (κ1) is 15.8. The summed E-state index contributed by atoms with van der Waals surface area (Å²) in [6.45, 7) is 4.18. The third-order valence-electron chi connectivity index (χ3n) is 3.00. The minimum absolute atomic E-state index is 0.626. The van der Waals surface area contributed by atoms with Gasteiger partial charge >= 0.3 is 0 Å². The average molecular weight is 310 g/mol. The Morgan fingerprint density at radius 3 is 2.86 bits per heavy atom. The summed E-state index contributed by atoms with van der Waals surface area (Å²) < 4.78 is 10.7. The van der Waals surface area contributed by atoms with Gasteiger partial charge in [0.2, 0.25) is 5.89 Å². The van der Waals surface area contributed by atoms with Crippen molar-refractivity contribution in [1.29, 1.82) is 0 Å². The van der Waals surface area contributed by atoms with E-state index in [2.05, 4.69) is 15.0 Å². The molecule has 0 atom stereocenters. The highest BCUT2D eigenvalue weighted by Gasteiger charge is 2.07. The summed E-state index contributed by atoms with van der Waals surface area (Å²) in [6, 6.07) is 7.50. The highest BCUT2D eigenvalue weighted by atomic mass is 35.5. The monoisotopic (exact) mass is 309 g/mol. The molecule has 1 aromatic heterocycles. The van der Waals surface area contributed by atoms with Crippen LogP contribution >= 0.6 is 11.6 Å². The number of ether oxygens (including phenoxy) is 1. The molecule has 0 bridgehead atoms. The molecule has 0 spiro atoms. The van der Waals surface area contributed by atoms with E-state index in [0.29, 0.717) is 24.1 Å². The number of rotatable bonds is 8. The van der Waals surface area contributed by atoms with E-state index in [9.17, 15) is 0 Å². The maximum absolute atomic E-state index is 6.03. The molecule has 0 aliphatic carbocycles. The lowest BCUT2D eigenvalue weighted by Crippen LogP contribution is -2.21. The third kappa shape index (κ3) is 5.02. The fraction of sp³-hybridized carbons (Fsp3) is 0.467. The number of halogens is 1. The maximum Gasteiger partial charge on any atom is 0.226 e. The summed E-state index contributed by atoms with van der Waals surface area (Å²) in [5.74, 6) is 2.13. The Labute approximate surface area is 129 Å². The van der Waals surface area contributed by atoms with Crippen molar-refractivity contribution in [3.05, 3.63) is 41.0 Å². The van der Waals surface area contributed by atoms with Crippen LogP contribution in [0.25, 0.3) is 0 Å². The largest absolute Gasteiger partial charge is 0.492 e. The standard InChI is InChI=1S/C15H20ClN3O2/c1-3-15-17-14(18-21-15)11-19(2)9-6-10-20-13-8-5-4-7-12(13)16/h4-5,7-8H,3,6,9-11H2,1-2H3. The van der Waals surface area contributed by atoms with Gasteiger partial charge in [-0.2, -0.15) is 4.98 Å². The predicted octanol–water partition coefficient (Wildman–Crippen LogP) is 3.19. The van der Waals surface area contributed by atoms with Gasteiger partial charge in [-0.25, -0.2) is 0 Å². The average Bonchev–Trinajstić information content (AvgIpc) is 2.93. The van der Waals surface area contributed by atoms with Gasteiger partial charge in [-0.3, -0.25) is 4.90 Å². The van der Waals surface area contributed by atoms with Gasteiger partial charge in [0.15, 0.2) is 5.82 Å². The molecule has 0 saturated heterocycles. The second-order valence-electron chi connectivity index (χ2n) is 4.83. The molecule has 0 saturated carbocycles. The summed E-state index contributed by atoms with van der Waals surface area (Å²) in [5.41, 5.74) is 0. The van der Waals surface area contributed by atoms with Crippen LogP contribution in [0.5, 0.6) is 5.75 Å². The van der Waals surface area contributed by atoms with Crippen LogP contribution in [0.15, 0.2) is 28.8 Å². The van der Waals surface area contributed by atoms with Crippen LogP contribution in [0.4, 0.5) is 0 Å². The van der Waals surface area contributed by atoms with Crippen molar-refractivity contribution in [3.63, 3.8) is 0 Å². The van der Waals surface area contributed by atoms with Crippen molar-refractivity contribution in [2.45, 2.75) is 26.3 Å². The normalized spacial score (nSPS) is 11.0. The van der Waals surface area contributed by atoms with Crippen LogP contribution in [0, 0.1) is 0 Å². The van der Waals surface area contributed by atoms with Crippen LogP contribution < -0.4 is 4.74 Å². The fourth-order valence-electron chi connectivity index (χ4n) is 1.90. The lowest BCUT2D eigenvalue weighted by Gasteiger charge is -2.14. The molecule has 0 amide bonds. The molecule has 6 heteroatoms. The van der Waals surface area contributed by atoms with Crippen LogP contribution in [0.1, 0.15) is 25.1 Å². The Kier molecular flexibility index (Phi) is 6.02. The third-order valence-corrected chi connectivity index (χ3v) is 3.31. The van der Waals surface area contributed by atoms with E-state index in [0.717, 1.165) is 31.0 Å². The van der Waals surface area contributed by atoms with Gasteiger partial charge in [-0.15, -0.1) is 0 Å². The Bertz CT molecular complexity index is 559. The number of hydrogen-bond acceptors (Lipinski definition) is 5. The first-order valence-electron chi connectivity index (χ1n) is 7.06. The van der Waals surface area contributed by atoms with Gasteiger partial charge < -0.3 is 9.26 Å². The van der Waals surface area contributed by atoms with E-state index >= 15 is 0 Å². The molecular formula is C15H20ClN3O2. The van der Waals surface area contributed by atoms with Crippen molar-refractivity contribution >= 4 is 11.6 Å². The van der Waals surface area contributed by atoms with Crippen LogP contribution in [-0.2, 0) is 13.0 Å². The Morgan fingerprint density at radius 1 is 1.33 bits per heavy atom. The number of aromatic nitrogens is 2. The molecule has 0 unspecified atom stereocenters. The smallest absolute Gasteiger partial charge is 0.226 e. The number of hydrogen-bond donors (Lipinski definition) is 0. The molecule has 2 aromatic rings. The molecule has 0 radical (unpaired) electrons. The minimum atomic E-state index is 0.626. The zero-order valence-corrected chi connectivity index (χ0v) is 13.1. The molecule has 0 aliphatic rings. The van der Waals surface area contributed by atoms with Gasteiger partial charge in [-0.1, -0.05) is 35.8 Å². The SMILES string of the molecule is CCc1nc(CN(C)CCCOc2ccccc2Cl)no1. The number of benzene rings is 1. The van der Waals surface area contributed by atoms with E-state index < -0.39 is 0 Å². The van der Waals surface area contributed by atoms with E-state index in [4.69, 9.17) is 20.9 Å². The number of aryl methyl sites for hydroxylation is 1. The molecule has 0 N–H and O–H groups in total. The summed E-state index contributed by atoms with van der Waals surface area (Å²) >= 11 is 6.03. The van der Waals surface area contributed by atoms with Crippen molar-refractivity contribution in [3.8, 4) is 5.75 Å². The summed E-state index contributed by atoms with van der Waals surface area (Å²) in [7, 11) is 2.03. The van der Waals surface area contributed by atoms with E-state index in [1.165, 1.54) is 0 Å². The van der Waals surface area contributed by atoms with Gasteiger partial charge in [0.25, 0.3) is 0 Å². The lowest BCUT2D eigenvalue weighted by atomic mass is 10.3. The van der Waals surface area contributed by atoms with Crippen molar-refractivity contribution in [1.82, 2.24) is 15.0 Å². The van der Waals surface area contributed by atoms with E-state index in [1.807, 2.05) is 38.2 Å². The molecule has 5 nitrogen and oxygen atoms in total. The highest BCUT2D eigenvalue weighted by Crippen LogP contribution is 2.23. The molecule has 2 rings (SSSR count). The fourth-order valence-corrected chi connectivity index (χ4v) is 2.09. The van der Waals surface area contributed by atoms with Crippen LogP contribution in [0.2, 0.25) is 5.02 Å². The zero-order chi connectivity index (χ0) is 15.1. The van der Waals surface area contributed by atoms with Gasteiger partial charge in [0.05, 0.1) is 18.2 Å². The molecule has 21 heavy (non-hydrogen) atoms. The summed E-state index contributed by atoms with van der Waals surface area (Å²) in [4.78, 5) is 6.43. The van der Waals surface area contributed by atoms with Crippen molar-refractivity contribution in [2.75, 3.05) is 20.2 Å². The molecule has 1 heterocycles. The summed E-state index contributed by atoms with van der Waals surface area (Å²) in [6.07, 6.45) is 1.67. The van der Waals surface area contributed by atoms with Crippen LogP contribution in [0.3, 0.4) is 0 Å². The molecule has 0 aliphatic heterocycles. The molecule has 114 valence electrons. The predicted molar refractivity (Wildman–Crippen MR) is 81.6 cm³/mol. The number of nitrogens with zero attached hydrogens (tertiary/aromatic N) is 3. The van der Waals surface area contributed by atoms with Crippen molar-refractivity contribution < 1.29 is 9.26 Å². The Hall–Kier alpha value is -1.59. The summed E-state index contributed by atoms with van der Waals surface area (Å²) in [5, 5.41) is 4.58. The Morgan fingerprint density at radius 2 is 2.14 bits per heavy atom. The Balaban J connectivity index is 1.67. The van der Waals surface area contributed by atoms with E-state index in [1.54, 1.807) is 0 Å². The van der Waals surface area contributed by atoms with Crippen molar-refractivity contribution in [2.24, 2.45) is 0 Å². The first-order valence-corrected chi connectivity index (χ1v) is 7.44. The van der Waals surface area contributed by atoms with E-state index in [-0.39, 0.29) is 0 Å². The number of para-hydroxylation sites is 1. The lowest BCUT2D eigenvalue weighted by molar-refractivity contribution is 0.253. The van der Waals surface area contributed by atoms with Gasteiger partial charge in [0, 0.05) is 13.0 Å². The quantitative estimate of drug-likeness (QED) is 0.701. The van der Waals surface area contributed by atoms with Gasteiger partial charge in [0.1, 0.15) is 5.75 Å². The highest BCUT2D eigenvalue weighted by molar-refractivity contribution is 6.32.